The normalized spacial score (nSPS) is 16.0. The average Bonchev–Trinajstić information content (AvgIpc) is 3.21. The van der Waals surface area contributed by atoms with Crippen molar-refractivity contribution >= 4 is 34.5 Å². The zero-order valence-electron chi connectivity index (χ0n) is 17.6. The van der Waals surface area contributed by atoms with E-state index in [0.29, 0.717) is 4.88 Å². The molecule has 29 heavy (non-hydrogen) atoms. The maximum absolute atomic E-state index is 12.9. The second-order valence-corrected chi connectivity index (χ2v) is 8.90. The number of hydrogen-bond donors (Lipinski definition) is 2. The third kappa shape index (κ3) is 5.36. The van der Waals surface area contributed by atoms with E-state index in [0.717, 1.165) is 37.4 Å². The fraction of sp³-hybridized carbons (Fsp3) is 0.455. The summed E-state index contributed by atoms with van der Waals surface area (Å²) >= 11 is 1.37. The molecule has 1 saturated heterocycles. The van der Waals surface area contributed by atoms with Crippen LogP contribution in [-0.4, -0.2) is 56.0 Å². The summed E-state index contributed by atoms with van der Waals surface area (Å²) in [5, 5.41) is 7.69. The lowest BCUT2D eigenvalue weighted by atomic mass is 10.0. The highest BCUT2D eigenvalue weighted by atomic mass is 32.1. The molecule has 7 heteroatoms. The minimum Gasteiger partial charge on any atom is -0.369 e. The maximum Gasteiger partial charge on any atom is 0.262 e. The van der Waals surface area contributed by atoms with Crippen molar-refractivity contribution in [1.29, 1.82) is 0 Å². The summed E-state index contributed by atoms with van der Waals surface area (Å²) in [5.41, 5.74) is 3.10. The van der Waals surface area contributed by atoms with Crippen LogP contribution in [0.25, 0.3) is 0 Å². The van der Waals surface area contributed by atoms with Crippen molar-refractivity contribution in [3.8, 4) is 0 Å². The van der Waals surface area contributed by atoms with Gasteiger partial charge in [-0.15, -0.1) is 11.3 Å². The topological polar surface area (TPSA) is 64.7 Å². The molecule has 2 N–H and O–H groups in total. The van der Waals surface area contributed by atoms with Gasteiger partial charge in [-0.25, -0.2) is 0 Å². The monoisotopic (exact) mass is 414 g/mol. The molecule has 0 bridgehead atoms. The fourth-order valence-electron chi connectivity index (χ4n) is 3.51. The zero-order valence-corrected chi connectivity index (χ0v) is 18.4. The van der Waals surface area contributed by atoms with Gasteiger partial charge in [0.2, 0.25) is 5.91 Å². The lowest BCUT2D eigenvalue weighted by Gasteiger charge is -2.35. The standard InChI is InChI=1S/C22H30N4O2S/c1-15(2)20(24-21(27)19-6-5-13-29-19)22(28)23-17-7-8-18(16(3)14-17)26-11-9-25(4)10-12-26/h5-8,13-15,20H,9-12H2,1-4H3,(H,23,28)(H,24,27). The average molecular weight is 415 g/mol. The highest BCUT2D eigenvalue weighted by molar-refractivity contribution is 7.12. The van der Waals surface area contributed by atoms with Crippen LogP contribution in [-0.2, 0) is 4.79 Å². The highest BCUT2D eigenvalue weighted by Gasteiger charge is 2.25. The van der Waals surface area contributed by atoms with Gasteiger partial charge >= 0.3 is 0 Å². The first kappa shape index (κ1) is 21.3. The summed E-state index contributed by atoms with van der Waals surface area (Å²) in [7, 11) is 2.14. The summed E-state index contributed by atoms with van der Waals surface area (Å²) in [4.78, 5) is 30.6. The molecule has 1 aromatic carbocycles. The Balaban J connectivity index is 1.66. The van der Waals surface area contributed by atoms with E-state index in [-0.39, 0.29) is 17.7 Å². The van der Waals surface area contributed by atoms with Crippen LogP contribution < -0.4 is 15.5 Å². The first-order valence-corrected chi connectivity index (χ1v) is 10.9. The number of carbonyl (C=O) groups is 2. The first-order chi connectivity index (χ1) is 13.8. The van der Waals surface area contributed by atoms with Gasteiger partial charge in [-0.05, 0) is 55.1 Å². The van der Waals surface area contributed by atoms with Crippen LogP contribution in [0.2, 0.25) is 0 Å². The summed E-state index contributed by atoms with van der Waals surface area (Å²) in [6.07, 6.45) is 0. The minimum atomic E-state index is -0.595. The Morgan fingerprint density at radius 3 is 2.41 bits per heavy atom. The quantitative estimate of drug-likeness (QED) is 0.762. The zero-order chi connectivity index (χ0) is 21.0. The van der Waals surface area contributed by atoms with Gasteiger partial charge in [0.15, 0.2) is 0 Å². The number of anilines is 2. The molecule has 0 spiro atoms. The molecular weight excluding hydrogens is 384 g/mol. The molecule has 2 amide bonds. The molecule has 156 valence electrons. The molecule has 1 unspecified atom stereocenters. The van der Waals surface area contributed by atoms with E-state index in [1.807, 2.05) is 37.4 Å². The molecule has 2 aromatic rings. The lowest BCUT2D eigenvalue weighted by molar-refractivity contribution is -0.118. The molecular formula is C22H30N4O2S. The van der Waals surface area contributed by atoms with Crippen molar-refractivity contribution in [3.05, 3.63) is 46.2 Å². The molecule has 1 aliphatic rings. The van der Waals surface area contributed by atoms with Crippen molar-refractivity contribution < 1.29 is 9.59 Å². The van der Waals surface area contributed by atoms with E-state index in [9.17, 15) is 9.59 Å². The molecule has 1 aromatic heterocycles. The number of amides is 2. The number of thiophene rings is 1. The third-order valence-electron chi connectivity index (χ3n) is 5.29. The number of likely N-dealkylation sites (N-methyl/N-ethyl adjacent to an activating group) is 1. The Labute approximate surface area is 176 Å². The van der Waals surface area contributed by atoms with Gasteiger partial charge in [-0.1, -0.05) is 19.9 Å². The largest absolute Gasteiger partial charge is 0.369 e. The van der Waals surface area contributed by atoms with Crippen molar-refractivity contribution in [2.24, 2.45) is 5.92 Å². The van der Waals surface area contributed by atoms with E-state index in [1.165, 1.54) is 17.0 Å². The van der Waals surface area contributed by atoms with Crippen molar-refractivity contribution in [2.75, 3.05) is 43.4 Å². The van der Waals surface area contributed by atoms with Gasteiger partial charge < -0.3 is 20.4 Å². The first-order valence-electron chi connectivity index (χ1n) is 10.0. The summed E-state index contributed by atoms with van der Waals surface area (Å²) < 4.78 is 0. The molecule has 6 nitrogen and oxygen atoms in total. The van der Waals surface area contributed by atoms with Crippen LogP contribution in [0.5, 0.6) is 0 Å². The highest BCUT2D eigenvalue weighted by Crippen LogP contribution is 2.25. The van der Waals surface area contributed by atoms with E-state index < -0.39 is 6.04 Å². The second-order valence-electron chi connectivity index (χ2n) is 7.95. The van der Waals surface area contributed by atoms with Crippen molar-refractivity contribution in [3.63, 3.8) is 0 Å². The Bertz CT molecular complexity index is 843. The number of carbonyl (C=O) groups excluding carboxylic acids is 2. The molecule has 0 saturated carbocycles. The number of rotatable bonds is 6. The van der Waals surface area contributed by atoms with Crippen LogP contribution in [0.3, 0.4) is 0 Å². The number of aryl methyl sites for hydroxylation is 1. The third-order valence-corrected chi connectivity index (χ3v) is 6.16. The van der Waals surface area contributed by atoms with Crippen LogP contribution in [0.15, 0.2) is 35.7 Å². The Morgan fingerprint density at radius 1 is 1.10 bits per heavy atom. The molecule has 0 radical (unpaired) electrons. The smallest absolute Gasteiger partial charge is 0.262 e. The van der Waals surface area contributed by atoms with Crippen LogP contribution in [0.1, 0.15) is 29.1 Å². The fourth-order valence-corrected chi connectivity index (χ4v) is 4.14. The van der Waals surface area contributed by atoms with Crippen LogP contribution >= 0.6 is 11.3 Å². The molecule has 2 heterocycles. The minimum absolute atomic E-state index is 0.0235. The van der Waals surface area contributed by atoms with Gasteiger partial charge in [0.05, 0.1) is 4.88 Å². The van der Waals surface area contributed by atoms with E-state index in [2.05, 4.69) is 40.5 Å². The molecule has 1 atom stereocenters. The maximum atomic E-state index is 12.9. The van der Waals surface area contributed by atoms with Gasteiger partial charge in [0, 0.05) is 37.6 Å². The summed E-state index contributed by atoms with van der Waals surface area (Å²) in [6, 6.07) is 9.01. The second kappa shape index (κ2) is 9.41. The molecule has 3 rings (SSSR count). The summed E-state index contributed by atoms with van der Waals surface area (Å²) in [6.45, 7) is 10.1. The van der Waals surface area contributed by atoms with E-state index in [1.54, 1.807) is 6.07 Å². The van der Waals surface area contributed by atoms with Gasteiger partial charge in [0.1, 0.15) is 6.04 Å². The SMILES string of the molecule is Cc1cc(NC(=O)C(NC(=O)c2cccs2)C(C)C)ccc1N1CCN(C)CC1. The number of benzene rings is 1. The predicted molar refractivity (Wildman–Crippen MR) is 120 cm³/mol. The Kier molecular flexibility index (Phi) is 6.92. The van der Waals surface area contributed by atoms with Gasteiger partial charge in [0.25, 0.3) is 5.91 Å². The molecule has 1 fully saturated rings. The van der Waals surface area contributed by atoms with E-state index >= 15 is 0 Å². The lowest BCUT2D eigenvalue weighted by Crippen LogP contribution is -2.47. The Morgan fingerprint density at radius 2 is 1.83 bits per heavy atom. The van der Waals surface area contributed by atoms with Gasteiger partial charge in [-0.2, -0.15) is 0 Å². The number of nitrogens with one attached hydrogen (secondary N) is 2. The van der Waals surface area contributed by atoms with Crippen LogP contribution in [0.4, 0.5) is 11.4 Å². The number of hydrogen-bond acceptors (Lipinski definition) is 5. The van der Waals surface area contributed by atoms with E-state index in [4.69, 9.17) is 0 Å². The predicted octanol–water partition coefficient (Wildman–Crippen LogP) is 3.20. The van der Waals surface area contributed by atoms with Crippen molar-refractivity contribution in [2.45, 2.75) is 26.8 Å². The van der Waals surface area contributed by atoms with Gasteiger partial charge in [-0.3, -0.25) is 9.59 Å². The van der Waals surface area contributed by atoms with Crippen LogP contribution in [0, 0.1) is 12.8 Å². The number of piperazine rings is 1. The number of nitrogens with zero attached hydrogens (tertiary/aromatic N) is 2. The van der Waals surface area contributed by atoms with Crippen molar-refractivity contribution in [1.82, 2.24) is 10.2 Å². The molecule has 0 aliphatic carbocycles. The Hall–Kier alpha value is -2.38. The molecule has 1 aliphatic heterocycles. The summed E-state index contributed by atoms with van der Waals surface area (Å²) in [5.74, 6) is -0.434.